The molecule has 1 aliphatic heterocycles. The Hall–Kier alpha value is -1.87. The van der Waals surface area contributed by atoms with Gasteiger partial charge in [0.15, 0.2) is 5.13 Å². The number of aromatic nitrogens is 2. The van der Waals surface area contributed by atoms with E-state index in [9.17, 15) is 9.59 Å². The Morgan fingerprint density at radius 1 is 1.55 bits per heavy atom. The quantitative estimate of drug-likeness (QED) is 0.829. The molecular formula is C13H13BrN4O3S. The van der Waals surface area contributed by atoms with Crippen molar-refractivity contribution >= 4 is 44.2 Å². The summed E-state index contributed by atoms with van der Waals surface area (Å²) in [4.78, 5) is 29.9. The summed E-state index contributed by atoms with van der Waals surface area (Å²) >= 11 is 4.73. The molecule has 1 aliphatic rings. The van der Waals surface area contributed by atoms with Crippen LogP contribution in [0.3, 0.4) is 0 Å². The van der Waals surface area contributed by atoms with Gasteiger partial charge in [-0.2, -0.15) is 0 Å². The summed E-state index contributed by atoms with van der Waals surface area (Å²) in [6.45, 7) is 0.796. The van der Waals surface area contributed by atoms with Crippen LogP contribution in [0, 0.1) is 0 Å². The molecule has 2 aromatic heterocycles. The first kappa shape index (κ1) is 15.0. The fourth-order valence-electron chi connectivity index (χ4n) is 2.29. The SMILES string of the molecule is Cn1cc(Br)cc(Nc2nc3c(s2)CN(C(=O)O)CC3)c1=O. The fraction of sp³-hybridized carbons (Fsp3) is 0.308. The van der Waals surface area contributed by atoms with Crippen LogP contribution in [-0.2, 0) is 20.0 Å². The fourth-order valence-corrected chi connectivity index (χ4v) is 3.86. The van der Waals surface area contributed by atoms with Crippen LogP contribution in [0.1, 0.15) is 10.6 Å². The van der Waals surface area contributed by atoms with Crippen LogP contribution in [-0.4, -0.2) is 32.2 Å². The van der Waals surface area contributed by atoms with Gasteiger partial charge in [-0.1, -0.05) is 11.3 Å². The van der Waals surface area contributed by atoms with Gasteiger partial charge in [-0.05, 0) is 22.0 Å². The molecule has 22 heavy (non-hydrogen) atoms. The highest BCUT2D eigenvalue weighted by Crippen LogP contribution is 2.30. The summed E-state index contributed by atoms with van der Waals surface area (Å²) in [5.41, 5.74) is 1.18. The number of nitrogens with zero attached hydrogens (tertiary/aromatic N) is 3. The van der Waals surface area contributed by atoms with Gasteiger partial charge in [0, 0.05) is 35.6 Å². The van der Waals surface area contributed by atoms with Gasteiger partial charge in [0.05, 0.1) is 12.2 Å². The van der Waals surface area contributed by atoms with Crippen molar-refractivity contribution in [1.29, 1.82) is 0 Å². The molecule has 0 fully saturated rings. The Kier molecular flexibility index (Phi) is 3.92. The first-order valence-electron chi connectivity index (χ1n) is 6.53. The lowest BCUT2D eigenvalue weighted by molar-refractivity contribution is 0.140. The van der Waals surface area contributed by atoms with Crippen molar-refractivity contribution in [3.8, 4) is 0 Å². The predicted octanol–water partition coefficient (Wildman–Crippen LogP) is 2.38. The predicted molar refractivity (Wildman–Crippen MR) is 86.9 cm³/mol. The third kappa shape index (κ3) is 2.86. The molecule has 7 nitrogen and oxygen atoms in total. The molecular weight excluding hydrogens is 372 g/mol. The lowest BCUT2D eigenvalue weighted by atomic mass is 10.2. The van der Waals surface area contributed by atoms with E-state index in [4.69, 9.17) is 5.11 Å². The van der Waals surface area contributed by atoms with Crippen LogP contribution in [0.4, 0.5) is 15.6 Å². The lowest BCUT2D eigenvalue weighted by Crippen LogP contribution is -2.34. The highest BCUT2D eigenvalue weighted by atomic mass is 79.9. The maximum Gasteiger partial charge on any atom is 0.407 e. The van der Waals surface area contributed by atoms with Crippen LogP contribution in [0.2, 0.25) is 0 Å². The monoisotopic (exact) mass is 384 g/mol. The number of rotatable bonds is 2. The van der Waals surface area contributed by atoms with E-state index >= 15 is 0 Å². The van der Waals surface area contributed by atoms with Crippen molar-refractivity contribution in [3.05, 3.63) is 37.7 Å². The summed E-state index contributed by atoms with van der Waals surface area (Å²) in [5.74, 6) is 0. The van der Waals surface area contributed by atoms with E-state index in [1.54, 1.807) is 19.3 Å². The van der Waals surface area contributed by atoms with Gasteiger partial charge in [-0.3, -0.25) is 4.79 Å². The van der Waals surface area contributed by atoms with Gasteiger partial charge < -0.3 is 19.9 Å². The van der Waals surface area contributed by atoms with Crippen molar-refractivity contribution in [2.24, 2.45) is 7.05 Å². The van der Waals surface area contributed by atoms with Crippen molar-refractivity contribution in [1.82, 2.24) is 14.5 Å². The number of fused-ring (bicyclic) bond motifs is 1. The van der Waals surface area contributed by atoms with E-state index in [0.29, 0.717) is 30.3 Å². The Bertz CT molecular complexity index is 801. The minimum atomic E-state index is -0.922. The Morgan fingerprint density at radius 2 is 2.32 bits per heavy atom. The number of anilines is 2. The molecule has 116 valence electrons. The number of hydrogen-bond donors (Lipinski definition) is 2. The molecule has 0 unspecified atom stereocenters. The van der Waals surface area contributed by atoms with E-state index in [1.807, 2.05) is 0 Å². The van der Waals surface area contributed by atoms with E-state index < -0.39 is 6.09 Å². The van der Waals surface area contributed by atoms with Gasteiger partial charge in [-0.25, -0.2) is 9.78 Å². The summed E-state index contributed by atoms with van der Waals surface area (Å²) < 4.78 is 2.27. The number of halogens is 1. The van der Waals surface area contributed by atoms with Crippen molar-refractivity contribution in [3.63, 3.8) is 0 Å². The normalized spacial score (nSPS) is 13.8. The molecule has 0 aromatic carbocycles. The zero-order valence-electron chi connectivity index (χ0n) is 11.7. The molecule has 0 bridgehead atoms. The summed E-state index contributed by atoms with van der Waals surface area (Å²) in [6.07, 6.45) is 1.36. The highest BCUT2D eigenvalue weighted by molar-refractivity contribution is 9.10. The van der Waals surface area contributed by atoms with E-state index in [-0.39, 0.29) is 5.56 Å². The highest BCUT2D eigenvalue weighted by Gasteiger charge is 2.23. The molecule has 0 radical (unpaired) electrons. The molecule has 0 saturated carbocycles. The van der Waals surface area contributed by atoms with Crippen molar-refractivity contribution < 1.29 is 9.90 Å². The maximum atomic E-state index is 12.1. The maximum absolute atomic E-state index is 12.1. The second-order valence-electron chi connectivity index (χ2n) is 4.96. The third-order valence-electron chi connectivity index (χ3n) is 3.39. The molecule has 2 aromatic rings. The Morgan fingerprint density at radius 3 is 3.05 bits per heavy atom. The standard InChI is InChI=1S/C13H13BrN4O3S/c1-17-5-7(14)4-9(11(17)19)16-12-15-8-2-3-18(13(20)21)6-10(8)22-12/h4-5H,2-3,6H2,1H3,(H,15,16)(H,20,21). The van der Waals surface area contributed by atoms with E-state index in [1.165, 1.54) is 20.8 Å². The summed E-state index contributed by atoms with van der Waals surface area (Å²) in [6, 6.07) is 1.70. The van der Waals surface area contributed by atoms with Gasteiger partial charge in [0.25, 0.3) is 5.56 Å². The minimum Gasteiger partial charge on any atom is -0.465 e. The second-order valence-corrected chi connectivity index (χ2v) is 6.96. The number of carbonyl (C=O) groups is 1. The zero-order chi connectivity index (χ0) is 15.9. The number of amides is 1. The molecule has 0 spiro atoms. The number of pyridine rings is 1. The molecule has 3 rings (SSSR count). The molecule has 0 saturated heterocycles. The van der Waals surface area contributed by atoms with Crippen molar-refractivity contribution in [2.75, 3.05) is 11.9 Å². The number of thiazole rings is 1. The smallest absolute Gasteiger partial charge is 0.407 e. The summed E-state index contributed by atoms with van der Waals surface area (Å²) in [7, 11) is 1.68. The topological polar surface area (TPSA) is 87.5 Å². The minimum absolute atomic E-state index is 0.150. The largest absolute Gasteiger partial charge is 0.465 e. The molecule has 9 heteroatoms. The average Bonchev–Trinajstić information content (AvgIpc) is 2.85. The third-order valence-corrected chi connectivity index (χ3v) is 4.82. The average molecular weight is 385 g/mol. The van der Waals surface area contributed by atoms with Gasteiger partial charge in [0.1, 0.15) is 5.69 Å². The number of hydrogen-bond acceptors (Lipinski definition) is 5. The van der Waals surface area contributed by atoms with Crippen LogP contribution < -0.4 is 10.9 Å². The number of nitrogens with one attached hydrogen (secondary N) is 1. The number of aryl methyl sites for hydroxylation is 1. The molecule has 0 atom stereocenters. The second kappa shape index (κ2) is 5.73. The molecule has 3 heterocycles. The van der Waals surface area contributed by atoms with Gasteiger partial charge in [-0.15, -0.1) is 0 Å². The molecule has 0 aliphatic carbocycles. The molecule has 2 N–H and O–H groups in total. The van der Waals surface area contributed by atoms with E-state index in [0.717, 1.165) is 15.0 Å². The number of carboxylic acid groups (broad SMARTS) is 1. The Labute approximate surface area is 138 Å². The molecule has 1 amide bonds. The van der Waals surface area contributed by atoms with Crippen LogP contribution in [0.25, 0.3) is 0 Å². The van der Waals surface area contributed by atoms with E-state index in [2.05, 4.69) is 26.2 Å². The summed E-state index contributed by atoms with van der Waals surface area (Å²) in [5, 5.41) is 12.7. The lowest BCUT2D eigenvalue weighted by Gasteiger charge is -2.22. The van der Waals surface area contributed by atoms with Crippen LogP contribution >= 0.6 is 27.3 Å². The van der Waals surface area contributed by atoms with Crippen molar-refractivity contribution in [2.45, 2.75) is 13.0 Å². The zero-order valence-corrected chi connectivity index (χ0v) is 14.1. The van der Waals surface area contributed by atoms with Crippen LogP contribution in [0.15, 0.2) is 21.5 Å². The van der Waals surface area contributed by atoms with Crippen LogP contribution in [0.5, 0.6) is 0 Å². The Balaban J connectivity index is 1.87. The van der Waals surface area contributed by atoms with Gasteiger partial charge >= 0.3 is 6.09 Å². The van der Waals surface area contributed by atoms with Gasteiger partial charge in [0.2, 0.25) is 0 Å². The first-order chi connectivity index (χ1) is 10.4. The first-order valence-corrected chi connectivity index (χ1v) is 8.14.